The van der Waals surface area contributed by atoms with Crippen LogP contribution in [0.2, 0.25) is 0 Å². The summed E-state index contributed by atoms with van der Waals surface area (Å²) in [5.74, 6) is 0.500. The number of amides is 1. The van der Waals surface area contributed by atoms with Crippen molar-refractivity contribution in [2.45, 2.75) is 26.8 Å². The molecule has 1 aromatic heterocycles. The Balaban J connectivity index is 1.68. The molecule has 6 heteroatoms. The molecule has 2 rings (SSSR count). The third-order valence-electron chi connectivity index (χ3n) is 3.50. The molecular weight excluding hydrogens is 294 g/mol. The van der Waals surface area contributed by atoms with Crippen molar-refractivity contribution in [1.29, 1.82) is 0 Å². The van der Waals surface area contributed by atoms with Crippen LogP contribution in [0.1, 0.15) is 17.5 Å². The van der Waals surface area contributed by atoms with Crippen molar-refractivity contribution < 1.29 is 9.53 Å². The number of hydrogen-bond donors (Lipinski definition) is 1. The van der Waals surface area contributed by atoms with Crippen molar-refractivity contribution in [3.63, 3.8) is 0 Å². The zero-order chi connectivity index (χ0) is 16.7. The first-order valence-electron chi connectivity index (χ1n) is 7.55. The predicted octanol–water partition coefficient (Wildman–Crippen LogP) is 1.45. The van der Waals surface area contributed by atoms with Gasteiger partial charge in [-0.1, -0.05) is 6.07 Å². The van der Waals surface area contributed by atoms with Gasteiger partial charge in [0.15, 0.2) is 6.61 Å². The van der Waals surface area contributed by atoms with Gasteiger partial charge in [0.2, 0.25) is 0 Å². The Morgan fingerprint density at radius 1 is 1.26 bits per heavy atom. The standard InChI is InChI=1S/C17H21N3O3/c1-13-6-7-15(11-14(13)2)23-12-16(21)18-8-4-10-20-17(22)5-3-9-19-20/h3,5-7,9,11H,4,8,10,12H2,1-2H3,(H,18,21). The Kier molecular flexibility index (Phi) is 5.91. The minimum Gasteiger partial charge on any atom is -0.484 e. The van der Waals surface area contributed by atoms with E-state index in [1.54, 1.807) is 12.3 Å². The van der Waals surface area contributed by atoms with Crippen molar-refractivity contribution in [1.82, 2.24) is 15.1 Å². The van der Waals surface area contributed by atoms with E-state index in [9.17, 15) is 9.59 Å². The molecule has 0 saturated carbocycles. The van der Waals surface area contributed by atoms with Crippen LogP contribution in [0.25, 0.3) is 0 Å². The van der Waals surface area contributed by atoms with Gasteiger partial charge in [-0.05, 0) is 49.6 Å². The number of rotatable bonds is 7. The smallest absolute Gasteiger partial charge is 0.266 e. The third-order valence-corrected chi connectivity index (χ3v) is 3.50. The van der Waals surface area contributed by atoms with Crippen LogP contribution in [-0.4, -0.2) is 28.8 Å². The number of nitrogens with one attached hydrogen (secondary N) is 1. The van der Waals surface area contributed by atoms with Crippen molar-refractivity contribution >= 4 is 5.91 Å². The number of benzene rings is 1. The highest BCUT2D eigenvalue weighted by Gasteiger charge is 2.03. The first-order valence-corrected chi connectivity index (χ1v) is 7.55. The van der Waals surface area contributed by atoms with Gasteiger partial charge in [-0.2, -0.15) is 5.10 Å². The van der Waals surface area contributed by atoms with E-state index in [1.807, 2.05) is 32.0 Å². The van der Waals surface area contributed by atoms with Crippen LogP contribution < -0.4 is 15.6 Å². The molecule has 0 unspecified atom stereocenters. The van der Waals surface area contributed by atoms with E-state index in [0.29, 0.717) is 25.3 Å². The van der Waals surface area contributed by atoms with Crippen LogP contribution in [0.4, 0.5) is 0 Å². The number of ether oxygens (including phenoxy) is 1. The normalized spacial score (nSPS) is 10.3. The lowest BCUT2D eigenvalue weighted by Crippen LogP contribution is -2.31. The Morgan fingerprint density at radius 2 is 2.09 bits per heavy atom. The van der Waals surface area contributed by atoms with Gasteiger partial charge < -0.3 is 10.1 Å². The van der Waals surface area contributed by atoms with Crippen molar-refractivity contribution in [2.24, 2.45) is 0 Å². The first-order chi connectivity index (χ1) is 11.1. The van der Waals surface area contributed by atoms with Crippen LogP contribution in [0.15, 0.2) is 41.3 Å². The molecule has 0 bridgehead atoms. The SMILES string of the molecule is Cc1ccc(OCC(=O)NCCCn2ncccc2=O)cc1C. The van der Waals surface area contributed by atoms with Gasteiger partial charge >= 0.3 is 0 Å². The van der Waals surface area contributed by atoms with Crippen molar-refractivity contribution in [3.8, 4) is 5.75 Å². The fourth-order valence-corrected chi connectivity index (χ4v) is 2.02. The van der Waals surface area contributed by atoms with Gasteiger partial charge in [-0.25, -0.2) is 4.68 Å². The van der Waals surface area contributed by atoms with E-state index >= 15 is 0 Å². The lowest BCUT2D eigenvalue weighted by molar-refractivity contribution is -0.123. The highest BCUT2D eigenvalue weighted by atomic mass is 16.5. The van der Waals surface area contributed by atoms with E-state index in [1.165, 1.54) is 16.3 Å². The summed E-state index contributed by atoms with van der Waals surface area (Å²) in [5, 5.41) is 6.71. The summed E-state index contributed by atoms with van der Waals surface area (Å²) in [5.41, 5.74) is 2.17. The predicted molar refractivity (Wildman–Crippen MR) is 87.5 cm³/mol. The zero-order valence-corrected chi connectivity index (χ0v) is 13.4. The van der Waals surface area contributed by atoms with Gasteiger partial charge in [0.1, 0.15) is 5.75 Å². The molecule has 1 N–H and O–H groups in total. The maximum atomic E-state index is 11.7. The number of aromatic nitrogens is 2. The fraction of sp³-hybridized carbons (Fsp3) is 0.353. The third kappa shape index (κ3) is 5.25. The Labute approximate surface area is 135 Å². The topological polar surface area (TPSA) is 73.2 Å². The van der Waals surface area contributed by atoms with E-state index < -0.39 is 0 Å². The molecule has 23 heavy (non-hydrogen) atoms. The molecule has 0 aliphatic carbocycles. The lowest BCUT2D eigenvalue weighted by Gasteiger charge is -2.09. The van der Waals surface area contributed by atoms with Crippen molar-refractivity contribution in [3.05, 3.63) is 58.0 Å². The lowest BCUT2D eigenvalue weighted by atomic mass is 10.1. The highest BCUT2D eigenvalue weighted by Crippen LogP contribution is 2.16. The van der Waals surface area contributed by atoms with Gasteiger partial charge in [-0.3, -0.25) is 9.59 Å². The summed E-state index contributed by atoms with van der Waals surface area (Å²) in [4.78, 5) is 23.2. The minimum atomic E-state index is -0.184. The average Bonchev–Trinajstić information content (AvgIpc) is 2.54. The second-order valence-corrected chi connectivity index (χ2v) is 5.32. The van der Waals surface area contributed by atoms with E-state index in [-0.39, 0.29) is 18.1 Å². The van der Waals surface area contributed by atoms with Gasteiger partial charge in [0.05, 0.1) is 0 Å². The summed E-state index contributed by atoms with van der Waals surface area (Å²) in [6.45, 7) is 4.95. The fourth-order valence-electron chi connectivity index (χ4n) is 2.02. The largest absolute Gasteiger partial charge is 0.484 e. The van der Waals surface area contributed by atoms with Crippen LogP contribution >= 0.6 is 0 Å². The number of nitrogens with zero attached hydrogens (tertiary/aromatic N) is 2. The second-order valence-electron chi connectivity index (χ2n) is 5.32. The number of aryl methyl sites for hydroxylation is 3. The van der Waals surface area contributed by atoms with Crippen LogP contribution in [0, 0.1) is 13.8 Å². The Bertz CT molecular complexity index is 725. The van der Waals surface area contributed by atoms with Crippen molar-refractivity contribution in [2.75, 3.05) is 13.2 Å². The summed E-state index contributed by atoms with van der Waals surface area (Å²) in [7, 11) is 0. The monoisotopic (exact) mass is 315 g/mol. The summed E-state index contributed by atoms with van der Waals surface area (Å²) in [6.07, 6.45) is 2.20. The molecule has 0 aliphatic heterocycles. The molecule has 6 nitrogen and oxygen atoms in total. The molecule has 1 heterocycles. The van der Waals surface area contributed by atoms with Gasteiger partial charge in [-0.15, -0.1) is 0 Å². The minimum absolute atomic E-state index is 0.0218. The molecule has 122 valence electrons. The molecule has 0 saturated heterocycles. The molecule has 0 spiro atoms. The summed E-state index contributed by atoms with van der Waals surface area (Å²) >= 11 is 0. The van der Waals surface area contributed by atoms with E-state index in [0.717, 1.165) is 5.56 Å². The first kappa shape index (κ1) is 16.7. The molecule has 0 aliphatic rings. The van der Waals surface area contributed by atoms with E-state index in [4.69, 9.17) is 4.74 Å². The quantitative estimate of drug-likeness (QED) is 0.785. The van der Waals surface area contributed by atoms with E-state index in [2.05, 4.69) is 10.4 Å². The average molecular weight is 315 g/mol. The summed E-state index contributed by atoms with van der Waals surface area (Å²) in [6, 6.07) is 8.79. The number of carbonyl (C=O) groups excluding carboxylic acids is 1. The Morgan fingerprint density at radius 3 is 2.83 bits per heavy atom. The zero-order valence-electron chi connectivity index (χ0n) is 13.4. The molecule has 0 atom stereocenters. The highest BCUT2D eigenvalue weighted by molar-refractivity contribution is 5.77. The number of carbonyl (C=O) groups is 1. The van der Waals surface area contributed by atoms with Crippen LogP contribution in [0.3, 0.4) is 0 Å². The Hall–Kier alpha value is -2.63. The summed E-state index contributed by atoms with van der Waals surface area (Å²) < 4.78 is 6.83. The molecule has 0 radical (unpaired) electrons. The van der Waals surface area contributed by atoms with Gasteiger partial charge in [0.25, 0.3) is 11.5 Å². The second kappa shape index (κ2) is 8.12. The number of hydrogen-bond acceptors (Lipinski definition) is 4. The maximum Gasteiger partial charge on any atom is 0.266 e. The molecule has 1 aromatic carbocycles. The molecule has 2 aromatic rings. The molecule has 0 fully saturated rings. The van der Waals surface area contributed by atoms with Gasteiger partial charge in [0, 0.05) is 25.4 Å². The molecular formula is C17H21N3O3. The van der Waals surface area contributed by atoms with Crippen LogP contribution in [-0.2, 0) is 11.3 Å². The maximum absolute atomic E-state index is 11.7. The molecule has 1 amide bonds. The van der Waals surface area contributed by atoms with Crippen LogP contribution in [0.5, 0.6) is 5.75 Å².